The Bertz CT molecular complexity index is 6810. The number of carbonyl (C=O) groups is 10. The van der Waals surface area contributed by atoms with E-state index in [1.165, 1.54) is 39.3 Å². The molecule has 4 aromatic carbocycles. The molecule has 1 fully saturated rings. The van der Waals surface area contributed by atoms with Gasteiger partial charge in [0.25, 0.3) is 41.1 Å². The number of ketones is 1. The maximum Gasteiger partial charge on any atom is 0.344 e. The molecule has 756 valence electrons. The van der Waals surface area contributed by atoms with Gasteiger partial charge in [0.2, 0.25) is 16.3 Å². The van der Waals surface area contributed by atoms with Gasteiger partial charge in [-0.1, -0.05) is 80.6 Å². The van der Waals surface area contributed by atoms with Gasteiger partial charge in [-0.2, -0.15) is 21.2 Å². The van der Waals surface area contributed by atoms with Crippen molar-refractivity contribution in [3.8, 4) is 5.75 Å². The largest absolute Gasteiger partial charge is 0.500 e. The van der Waals surface area contributed by atoms with E-state index in [1.807, 2.05) is 47.1 Å². The number of imide groups is 3. The van der Waals surface area contributed by atoms with Gasteiger partial charge in [-0.15, -0.1) is 0 Å². The second-order valence-corrected chi connectivity index (χ2v) is 43.7. The Hall–Kier alpha value is -14.7. The van der Waals surface area contributed by atoms with Crippen LogP contribution in [0.15, 0.2) is 277 Å². The number of esters is 2. The van der Waals surface area contributed by atoms with Crippen LogP contribution in [-0.2, 0) is 38.0 Å². The van der Waals surface area contributed by atoms with Crippen molar-refractivity contribution in [2.75, 3.05) is 57.4 Å². The van der Waals surface area contributed by atoms with Crippen molar-refractivity contribution >= 4 is 124 Å². The van der Waals surface area contributed by atoms with Gasteiger partial charge in [0.1, 0.15) is 45.0 Å². The van der Waals surface area contributed by atoms with E-state index in [0.29, 0.717) is 78.7 Å². The number of non-ortho nitro benzene ring substituents is 1. The van der Waals surface area contributed by atoms with Gasteiger partial charge in [0.05, 0.1) is 70.4 Å². The summed E-state index contributed by atoms with van der Waals surface area (Å²) in [6.45, 7) is 25.0. The number of amides is 6. The molecule has 18 rings (SSSR count). The number of H-pyrrole nitrogens is 3. The number of Topliss-reactive ketones (excluding diaryl/α,β-unsaturated/α-hetero) is 1. The van der Waals surface area contributed by atoms with Crippen LogP contribution in [0.2, 0.25) is 18.1 Å². The molecule has 46 heteroatoms. The molecule has 14 aromatic rings. The summed E-state index contributed by atoms with van der Waals surface area (Å²) >= 11 is 6.15. The van der Waals surface area contributed by atoms with E-state index in [9.17, 15) is 81.2 Å². The van der Waals surface area contributed by atoms with E-state index in [-0.39, 0.29) is 119 Å². The van der Waals surface area contributed by atoms with E-state index in [0.717, 1.165) is 41.4 Å². The minimum Gasteiger partial charge on any atom is -0.500 e. The van der Waals surface area contributed by atoms with E-state index in [1.54, 1.807) is 215 Å². The summed E-state index contributed by atoms with van der Waals surface area (Å²) in [7, 11) is 4.49. The molecule has 2 unspecified atom stereocenters. The van der Waals surface area contributed by atoms with Crippen molar-refractivity contribution in [3.63, 3.8) is 0 Å². The number of aromatic nitrogens is 10. The first kappa shape index (κ1) is 117. The van der Waals surface area contributed by atoms with Gasteiger partial charge < -0.3 is 58.8 Å². The molecule has 4 aliphatic rings. The predicted octanol–water partition coefficient (Wildman–Crippen LogP) is 13.9. The number of halogens is 3. The number of benzene rings is 4. The van der Waals surface area contributed by atoms with Gasteiger partial charge in [0, 0.05) is 158 Å². The number of nitrogens with one attached hydrogen (secondary N) is 4. The molecule has 1 saturated heterocycles. The number of hydrazine groups is 1. The Kier molecular flexibility index (Phi) is 45.4. The molecule has 0 bridgehead atoms. The summed E-state index contributed by atoms with van der Waals surface area (Å²) in [6.07, 6.45) is 27.2. The third-order valence-corrected chi connectivity index (χ3v) is 29.6. The number of methoxy groups -OCH3 is 2. The van der Waals surface area contributed by atoms with Crippen LogP contribution in [0.1, 0.15) is 165 Å². The van der Waals surface area contributed by atoms with Gasteiger partial charge in [0.15, 0.2) is 43.1 Å². The minimum atomic E-state index is -1.39. The number of carboxylic acids is 1. The number of nitrogens with zero attached hydrogens (tertiary/aromatic N) is 10. The van der Waals surface area contributed by atoms with Crippen LogP contribution in [0, 0.1) is 52.9 Å². The van der Waals surface area contributed by atoms with Crippen LogP contribution in [0.4, 0.5) is 14.5 Å². The molecule has 4 aliphatic heterocycles. The van der Waals surface area contributed by atoms with Crippen molar-refractivity contribution in [1.29, 1.82) is 1.34 Å². The number of carboxylic acid groups (broad SMARTS) is 1. The zero-order chi connectivity index (χ0) is 106. The fourth-order valence-electron chi connectivity index (χ4n) is 11.6. The number of hydrogen-bond donors (Lipinski definition) is 7. The number of aromatic amines is 3. The molecule has 14 heterocycles. The number of nitro groups is 1. The van der Waals surface area contributed by atoms with Gasteiger partial charge in [-0.25, -0.2) is 38.5 Å². The summed E-state index contributed by atoms with van der Waals surface area (Å²) in [6, 6.07) is 47.2. The fourth-order valence-corrected chi connectivity index (χ4v) is 12.4. The fraction of sp³-hybridized carbons (Fsp3) is 0.258. The first-order valence-electron chi connectivity index (χ1n) is 43.7. The van der Waals surface area contributed by atoms with Crippen LogP contribution < -0.4 is 42.5 Å². The molecule has 2 atom stereocenters. The molecular weight excluding hydrogens is 2140 g/mol. The summed E-state index contributed by atoms with van der Waals surface area (Å²) in [4.78, 5) is 156. The maximum atomic E-state index is 12.3. The summed E-state index contributed by atoms with van der Waals surface area (Å²) in [5.41, 5.74) is 3.62. The third-order valence-electron chi connectivity index (χ3n) is 20.8. The number of nitrogens with two attached hydrogens (primary N) is 2. The quantitative estimate of drug-likeness (QED) is 0.00432. The number of aromatic carboxylic acids is 1. The molecular formula is C97H112BClF2N16O23SSiU. The predicted molar refractivity (Wildman–Crippen MR) is 536 cm³/mol. The summed E-state index contributed by atoms with van der Waals surface area (Å²) < 4.78 is 75.0. The first-order valence-corrected chi connectivity index (χ1v) is 49.5. The van der Waals surface area contributed by atoms with Gasteiger partial charge in [-0.05, 0) is 183 Å². The molecule has 0 saturated carbocycles. The minimum absolute atomic E-state index is 0. The SMILES string of the molecule is CC(C)(C)S(C)(C)Oc1ccnn2cccc12.CC(C)(C)[Si](C)(C)Cl.CCO/C=C(/C(C)=O)C(=O)OCC.CCOC(=O)c1c[nH]n2cccc2c1=O.COC1CCC(OC)O1.NN1C(=O)c2ccccc2C1=O.Nn1cccc1.O=C(O)c1c[nH]n2cccc2c1=O.O=C1NC(=O)c2ccccc21.O=C1c2ccccc2C(=O)N1n1cccc1.O=[N+]([O-])c1ccc(F)c(F)c1.O=c1cc[nH]n2cccc12.[2H][B].[U]. The first-order chi connectivity index (χ1) is 67.7. The normalized spacial score (nSPS) is 13.6. The Morgan fingerprint density at radius 3 is 1.45 bits per heavy atom. The molecule has 9 N–H and O–H groups in total. The van der Waals surface area contributed by atoms with Crippen molar-refractivity contribution in [2.45, 2.75) is 118 Å². The summed E-state index contributed by atoms with van der Waals surface area (Å²) in [5, 5.41) is 35.5. The van der Waals surface area contributed by atoms with Crippen molar-refractivity contribution < 1.29 is 130 Å². The second-order valence-electron chi connectivity index (χ2n) is 32.5. The smallest absolute Gasteiger partial charge is 0.344 e. The number of carbonyl (C=O) groups excluding carboxylic acids is 9. The zero-order valence-electron chi connectivity index (χ0n) is 82.1. The van der Waals surface area contributed by atoms with Crippen LogP contribution in [0.25, 0.3) is 22.1 Å². The molecule has 0 spiro atoms. The molecule has 39 nitrogen and oxygen atoms in total. The van der Waals surface area contributed by atoms with Crippen molar-refractivity contribution in [1.82, 2.24) is 58.1 Å². The topological polar surface area (TPSA) is 508 Å². The molecule has 2 radical (unpaired) electrons. The number of nitro benzene ring substituents is 1. The number of fused-ring (bicyclic) bond motifs is 7. The van der Waals surface area contributed by atoms with Gasteiger partial charge in [-0.3, -0.25) is 86.3 Å². The van der Waals surface area contributed by atoms with E-state index < -0.39 is 75.1 Å². The Balaban J connectivity index is 0.000000278. The van der Waals surface area contributed by atoms with Crippen molar-refractivity contribution in [2.24, 2.45) is 5.84 Å². The second kappa shape index (κ2) is 55.5. The monoisotopic (exact) mass is 2250 g/mol. The van der Waals surface area contributed by atoms with E-state index in [2.05, 4.69) is 106 Å². The average molecular weight is 2250 g/mol. The van der Waals surface area contributed by atoms with E-state index >= 15 is 0 Å². The Labute approximate surface area is 853 Å². The number of ether oxygens (including phenoxy) is 6. The average Bonchev–Trinajstić information content (AvgIpc) is 1.60. The summed E-state index contributed by atoms with van der Waals surface area (Å²) in [5.74, 6) is 4.19. The molecule has 10 aromatic heterocycles. The third kappa shape index (κ3) is 33.2. The number of rotatable bonds is 14. The van der Waals surface area contributed by atoms with E-state index in [4.69, 9.17) is 57.1 Å². The maximum absolute atomic E-state index is 12.3. The van der Waals surface area contributed by atoms with Gasteiger partial charge >= 0.3 is 17.9 Å². The van der Waals surface area contributed by atoms with Crippen molar-refractivity contribution in [3.05, 3.63) is 359 Å². The standard InChI is InChI=1S/C13H20N2OS.C12H8N2O2.C10H10N2O3.C9H14O4.C8H6N2O3.C8H6N2O2.C8H5NO2.C7H6N2O.C6H15ClSi.C6H3F2NO2.C6H12O3.C4H6N2.BH.U/c1-13(2,3)17(4,5)16-12-8-9-14-15-10-6-7-11(12)15;15-11-9-5-1-2-6-10(9)12(16)14(11)13-7-3-4-8-13;1-2-15-10(14)7-6-11-12-5-3-4-8(12)9(7)13;1-4-12-6-8(7(3)10)9(11)13-5-2;11-7-5(8(12)13)4-9-10-3-1-2-6(7)10;9-10-7(11)5-3-1-2-4-6(5)8(10)12;10-7-5-3-1-2-4-6(5)8(11)9-7;10-7-3-4-8-9-5-1-2-6(7)9;1-6(2,3)8(4,5)7;7-5-2-1-4(9(10)11)3-6(5)8;1-7-5-3-4-6(8-2)9-5;5-6-3-1-2-4-6;;/h6-10H,1-5H3;1-8H;3-6,11H,2H2,1H3;6H,4-5H2,1-3H3;1-4,9H,(H,12,13);1-4H,9H2;1-4H,(H,9,10,11);1-5,8H;1-5H3;1-3H;5-6H,3-4H2,1-2H3;1-4H,5H2;1H;/b;;;8-6-;;;;;;;;;;/i;;;;;;;;;;;;1D;. The van der Waals surface area contributed by atoms with Crippen LogP contribution in [0.3, 0.4) is 0 Å². The Morgan fingerprint density at radius 2 is 1.04 bits per heavy atom. The molecule has 6 amide bonds. The molecule has 143 heavy (non-hydrogen) atoms. The van der Waals surface area contributed by atoms with Crippen LogP contribution in [-0.4, -0.2) is 203 Å². The van der Waals surface area contributed by atoms with Crippen LogP contribution in [0.5, 0.6) is 5.75 Å². The zero-order valence-corrected chi connectivity index (χ0v) is 87.9. The number of nitrogen functional groups attached to an aromatic ring is 1. The Morgan fingerprint density at radius 1 is 0.601 bits per heavy atom. The molecule has 0 aliphatic carbocycles. The van der Waals surface area contributed by atoms with Crippen LogP contribution >= 0.6 is 21.4 Å². The number of hydrogen-bond acceptors (Lipinski definition) is 25.